The van der Waals surface area contributed by atoms with Gasteiger partial charge in [-0.1, -0.05) is 157 Å². The maximum Gasteiger partial charge on any atom is 0.184 e. The zero-order valence-corrected chi connectivity index (χ0v) is 31.6. The highest BCUT2D eigenvalue weighted by Crippen LogP contribution is 2.61. The number of hydrogen-bond donors (Lipinski definition) is 0. The Morgan fingerprint density at radius 1 is 0.333 bits per heavy atom. The monoisotopic (exact) mass is 742 g/mol. The molecular formula is C49H30O2S2Si. The lowest BCUT2D eigenvalue weighted by molar-refractivity contribution is 0.399. The number of ether oxygens (including phenoxy) is 2. The van der Waals surface area contributed by atoms with Crippen molar-refractivity contribution in [3.8, 4) is 34.1 Å². The lowest BCUT2D eigenvalue weighted by atomic mass is 9.62. The highest BCUT2D eigenvalue weighted by atomic mass is 32.2. The summed E-state index contributed by atoms with van der Waals surface area (Å²) < 4.78 is 13.4. The third-order valence-corrected chi connectivity index (χ3v) is 19.7. The molecule has 2 spiro atoms. The summed E-state index contributed by atoms with van der Waals surface area (Å²) in [5, 5.41) is 5.92. The van der Waals surface area contributed by atoms with Crippen molar-refractivity contribution in [2.45, 2.75) is 25.0 Å². The summed E-state index contributed by atoms with van der Waals surface area (Å²) in [6.07, 6.45) is 0. The molecule has 4 aliphatic rings. The summed E-state index contributed by atoms with van der Waals surface area (Å²) in [7, 11) is -2.61. The summed E-state index contributed by atoms with van der Waals surface area (Å²) in [5.74, 6) is 3.48. The smallest absolute Gasteiger partial charge is 0.184 e. The van der Waals surface area contributed by atoms with Crippen LogP contribution in [0.2, 0.25) is 0 Å². The van der Waals surface area contributed by atoms with E-state index < -0.39 is 13.5 Å². The standard InChI is InChI=1S/C49H30O2S2Si/c1-4-16-37-33(13-1)49(34-14-2-5-17-38(34)50-37)35-15-3-6-18-39(35)51-40-29-31(25-27-36(40)49)32-26-28-48-44(30-32)53-43-21-9-12-24-47(43)54(48)45-22-10-7-19-41(45)52-42-20-8-11-23-46(42)54/h1-30H. The van der Waals surface area contributed by atoms with Crippen molar-refractivity contribution in [1.82, 2.24) is 0 Å². The maximum atomic E-state index is 6.88. The Labute approximate surface area is 323 Å². The molecule has 0 aromatic heterocycles. The van der Waals surface area contributed by atoms with Crippen LogP contribution in [0.3, 0.4) is 0 Å². The first-order valence-corrected chi connectivity index (χ1v) is 22.0. The largest absolute Gasteiger partial charge is 0.457 e. The first-order chi connectivity index (χ1) is 26.7. The van der Waals surface area contributed by atoms with Gasteiger partial charge in [-0.05, 0) is 80.4 Å². The van der Waals surface area contributed by atoms with E-state index in [1.807, 2.05) is 23.5 Å². The minimum atomic E-state index is -2.61. The van der Waals surface area contributed by atoms with Crippen molar-refractivity contribution in [2.75, 3.05) is 0 Å². The Hall–Kier alpha value is -5.72. The van der Waals surface area contributed by atoms with Crippen molar-refractivity contribution in [1.29, 1.82) is 0 Å². The summed E-state index contributed by atoms with van der Waals surface area (Å²) in [6.45, 7) is 0. The minimum absolute atomic E-state index is 0.596. The molecule has 0 unspecified atom stereocenters. The lowest BCUT2D eigenvalue weighted by Crippen LogP contribution is -2.78. The fourth-order valence-corrected chi connectivity index (χ4v) is 18.8. The Bertz CT molecular complexity index is 2560. The van der Waals surface area contributed by atoms with Crippen LogP contribution in [-0.2, 0) is 5.41 Å². The molecule has 12 rings (SSSR count). The second-order valence-corrected chi connectivity index (χ2v) is 20.1. The van der Waals surface area contributed by atoms with Crippen molar-refractivity contribution < 1.29 is 9.47 Å². The molecule has 5 heteroatoms. The molecule has 2 nitrogen and oxygen atoms in total. The van der Waals surface area contributed by atoms with Crippen LogP contribution in [0.1, 0.15) is 22.3 Å². The molecule has 0 saturated heterocycles. The summed E-state index contributed by atoms with van der Waals surface area (Å²) >= 11 is 3.83. The summed E-state index contributed by atoms with van der Waals surface area (Å²) in [6, 6.07) is 66.9. The van der Waals surface area contributed by atoms with E-state index in [0.717, 1.165) is 50.8 Å². The van der Waals surface area contributed by atoms with E-state index in [1.165, 1.54) is 45.9 Å². The van der Waals surface area contributed by atoms with Gasteiger partial charge in [-0.25, -0.2) is 0 Å². The van der Waals surface area contributed by atoms with Gasteiger partial charge in [0.2, 0.25) is 0 Å². The molecule has 0 aliphatic carbocycles. The third kappa shape index (κ3) is 3.99. The van der Waals surface area contributed by atoms with E-state index in [2.05, 4.69) is 182 Å². The third-order valence-electron chi connectivity index (χ3n) is 11.7. The fourth-order valence-electron chi connectivity index (χ4n) is 9.60. The predicted molar refractivity (Wildman–Crippen MR) is 222 cm³/mol. The van der Waals surface area contributed by atoms with Crippen molar-refractivity contribution in [3.63, 3.8) is 0 Å². The van der Waals surface area contributed by atoms with Crippen LogP contribution in [-0.4, -0.2) is 8.07 Å². The van der Waals surface area contributed by atoms with Crippen LogP contribution in [0.4, 0.5) is 0 Å². The van der Waals surface area contributed by atoms with Crippen LogP contribution >= 0.6 is 23.5 Å². The van der Waals surface area contributed by atoms with Crippen LogP contribution in [0.25, 0.3) is 11.1 Å². The molecule has 4 aliphatic heterocycles. The Morgan fingerprint density at radius 2 is 0.722 bits per heavy atom. The van der Waals surface area contributed by atoms with Crippen molar-refractivity contribution >= 4 is 52.3 Å². The normalized spacial score (nSPS) is 15.5. The fraction of sp³-hybridized carbons (Fsp3) is 0.0204. The van der Waals surface area contributed by atoms with E-state index in [-0.39, 0.29) is 0 Å². The van der Waals surface area contributed by atoms with E-state index in [0.29, 0.717) is 0 Å². The molecule has 0 saturated carbocycles. The molecule has 0 radical (unpaired) electrons. The van der Waals surface area contributed by atoms with Crippen LogP contribution in [0.15, 0.2) is 202 Å². The van der Waals surface area contributed by atoms with Gasteiger partial charge >= 0.3 is 0 Å². The summed E-state index contributed by atoms with van der Waals surface area (Å²) in [4.78, 5) is 5.44. The van der Waals surface area contributed by atoms with Gasteiger partial charge in [-0.2, -0.15) is 0 Å². The second kappa shape index (κ2) is 11.4. The number of rotatable bonds is 1. The van der Waals surface area contributed by atoms with Crippen LogP contribution < -0.4 is 30.2 Å². The van der Waals surface area contributed by atoms with Crippen LogP contribution in [0, 0.1) is 0 Å². The summed E-state index contributed by atoms with van der Waals surface area (Å²) in [5.41, 5.74) is 6.21. The zero-order chi connectivity index (χ0) is 35.4. The minimum Gasteiger partial charge on any atom is -0.457 e. The van der Waals surface area contributed by atoms with Gasteiger partial charge in [0.05, 0.1) is 5.41 Å². The molecule has 54 heavy (non-hydrogen) atoms. The van der Waals surface area contributed by atoms with E-state index in [1.54, 1.807) is 0 Å². The molecule has 254 valence electrons. The Balaban J connectivity index is 1.07. The lowest BCUT2D eigenvalue weighted by Gasteiger charge is -2.45. The predicted octanol–water partition coefficient (Wildman–Crippen LogP) is 10.3. The van der Waals surface area contributed by atoms with Crippen LogP contribution in [0.5, 0.6) is 23.0 Å². The van der Waals surface area contributed by atoms with E-state index >= 15 is 0 Å². The molecule has 0 atom stereocenters. The second-order valence-electron chi connectivity index (χ2n) is 14.3. The van der Waals surface area contributed by atoms with Crippen molar-refractivity contribution in [3.05, 3.63) is 204 Å². The molecule has 0 bridgehead atoms. The number of fused-ring (bicyclic) bond motifs is 16. The molecule has 0 amide bonds. The SMILES string of the molecule is c1ccc2c(c1)Oc1ccccc1C21c2ccccc2Oc2cc(-c3ccc4c(c3)Sc3ccccc3[Si]43c4ccccc4Sc4ccccc43)ccc21. The average molecular weight is 743 g/mol. The average Bonchev–Trinajstić information content (AvgIpc) is 3.23. The molecular weight excluding hydrogens is 713 g/mol. The number of para-hydroxylation sites is 3. The van der Waals surface area contributed by atoms with Gasteiger partial charge in [-0.15, -0.1) is 0 Å². The first kappa shape index (κ1) is 30.7. The first-order valence-electron chi connectivity index (χ1n) is 18.3. The van der Waals surface area contributed by atoms with Gasteiger partial charge in [0, 0.05) is 41.8 Å². The topological polar surface area (TPSA) is 18.5 Å². The van der Waals surface area contributed by atoms with Gasteiger partial charge in [-0.3, -0.25) is 0 Å². The quantitative estimate of drug-likeness (QED) is 0.156. The molecule has 4 heterocycles. The Morgan fingerprint density at radius 3 is 1.28 bits per heavy atom. The highest BCUT2D eigenvalue weighted by Gasteiger charge is 2.52. The molecule has 8 aromatic carbocycles. The number of hydrogen-bond acceptors (Lipinski definition) is 4. The van der Waals surface area contributed by atoms with Gasteiger partial charge < -0.3 is 9.47 Å². The highest BCUT2D eigenvalue weighted by molar-refractivity contribution is 8.01. The van der Waals surface area contributed by atoms with Gasteiger partial charge in [0.1, 0.15) is 23.0 Å². The van der Waals surface area contributed by atoms with Crippen molar-refractivity contribution in [2.24, 2.45) is 0 Å². The zero-order valence-electron chi connectivity index (χ0n) is 29.0. The molecule has 0 N–H and O–H groups in total. The van der Waals surface area contributed by atoms with Gasteiger partial charge in [0.15, 0.2) is 8.07 Å². The van der Waals surface area contributed by atoms with Gasteiger partial charge in [0.25, 0.3) is 0 Å². The van der Waals surface area contributed by atoms with E-state index in [4.69, 9.17) is 9.47 Å². The molecule has 0 fully saturated rings. The number of benzene rings is 8. The Kier molecular flexibility index (Phi) is 6.48. The maximum absolute atomic E-state index is 6.88. The molecule has 8 aromatic rings. The van der Waals surface area contributed by atoms with E-state index in [9.17, 15) is 0 Å².